The van der Waals surface area contributed by atoms with E-state index in [1.807, 2.05) is 0 Å². The van der Waals surface area contributed by atoms with E-state index in [0.717, 1.165) is 0 Å². The molecule has 1 fully saturated rings. The van der Waals surface area contributed by atoms with Crippen LogP contribution in [0.25, 0.3) is 0 Å². The molecule has 6 nitrogen and oxygen atoms in total. The quantitative estimate of drug-likeness (QED) is 0.508. The summed E-state index contributed by atoms with van der Waals surface area (Å²) in [6, 6.07) is 4.73. The maximum atomic E-state index is 11.6. The summed E-state index contributed by atoms with van der Waals surface area (Å²) in [5, 5.41) is 14.2. The monoisotopic (exact) mass is 278 g/mol. The van der Waals surface area contributed by atoms with Crippen LogP contribution in [0.4, 0.5) is 11.4 Å². The third-order valence-corrected chi connectivity index (χ3v) is 3.85. The Bertz CT molecular complexity index is 526. The Balaban J connectivity index is 2.22. The first-order valence-electron chi connectivity index (χ1n) is 6.66. The van der Waals surface area contributed by atoms with Gasteiger partial charge in [0.05, 0.1) is 12.0 Å². The molecule has 1 unspecified atom stereocenters. The molecule has 0 radical (unpaired) electrons. The van der Waals surface area contributed by atoms with Crippen LogP contribution in [-0.4, -0.2) is 24.0 Å². The summed E-state index contributed by atoms with van der Waals surface area (Å²) in [6.45, 7) is 2.09. The van der Waals surface area contributed by atoms with Gasteiger partial charge in [0.15, 0.2) is 0 Å². The minimum absolute atomic E-state index is 0.0247. The van der Waals surface area contributed by atoms with E-state index in [2.05, 4.69) is 17.0 Å². The number of nitro groups is 1. The maximum absolute atomic E-state index is 11.6. The molecule has 0 bridgehead atoms. The number of esters is 1. The zero-order valence-corrected chi connectivity index (χ0v) is 11.6. The van der Waals surface area contributed by atoms with Crippen molar-refractivity contribution in [2.75, 3.05) is 12.4 Å². The molecule has 6 heteroatoms. The second-order valence-corrected chi connectivity index (χ2v) is 5.10. The minimum atomic E-state index is -0.698. The molecule has 1 N–H and O–H groups in total. The van der Waals surface area contributed by atoms with Gasteiger partial charge in [-0.15, -0.1) is 0 Å². The van der Waals surface area contributed by atoms with Crippen molar-refractivity contribution in [3.05, 3.63) is 33.9 Å². The number of anilines is 1. The first-order chi connectivity index (χ1) is 9.52. The van der Waals surface area contributed by atoms with Crippen LogP contribution in [0, 0.1) is 16.0 Å². The van der Waals surface area contributed by atoms with Crippen LogP contribution in [0.1, 0.15) is 36.5 Å². The lowest BCUT2D eigenvalue weighted by atomic mass is 9.80. The third kappa shape index (κ3) is 2.89. The van der Waals surface area contributed by atoms with Gasteiger partial charge in [0.2, 0.25) is 0 Å². The standard InChI is InChI=1S/C14H18N2O4/c1-9(10-4-3-5-10)15-11-6-7-13(16(18)19)12(8-11)14(17)20-2/h6-10,15H,3-5H2,1-2H3. The Hall–Kier alpha value is -2.11. The number of rotatable bonds is 5. The molecule has 1 aromatic rings. The number of hydrogen-bond donors (Lipinski definition) is 1. The Morgan fingerprint density at radius 2 is 2.20 bits per heavy atom. The molecule has 1 saturated carbocycles. The molecule has 0 spiro atoms. The summed E-state index contributed by atoms with van der Waals surface area (Å²) in [5.74, 6) is -0.0663. The van der Waals surface area contributed by atoms with Crippen molar-refractivity contribution in [2.45, 2.75) is 32.2 Å². The largest absolute Gasteiger partial charge is 0.465 e. The molecule has 20 heavy (non-hydrogen) atoms. The van der Waals surface area contributed by atoms with Crippen molar-refractivity contribution in [3.8, 4) is 0 Å². The molecular weight excluding hydrogens is 260 g/mol. The van der Waals surface area contributed by atoms with Crippen LogP contribution >= 0.6 is 0 Å². The summed E-state index contributed by atoms with van der Waals surface area (Å²) in [7, 11) is 1.21. The number of benzene rings is 1. The van der Waals surface area contributed by atoms with Crippen LogP contribution in [0.15, 0.2) is 18.2 Å². The molecule has 1 aromatic carbocycles. The van der Waals surface area contributed by atoms with E-state index in [1.165, 1.54) is 38.5 Å². The van der Waals surface area contributed by atoms with Crippen LogP contribution in [0.5, 0.6) is 0 Å². The average Bonchev–Trinajstić information content (AvgIpc) is 2.35. The first kappa shape index (κ1) is 14.3. The van der Waals surface area contributed by atoms with Gasteiger partial charge >= 0.3 is 5.97 Å². The predicted molar refractivity (Wildman–Crippen MR) is 74.9 cm³/mol. The summed E-state index contributed by atoms with van der Waals surface area (Å²) < 4.78 is 4.60. The van der Waals surface area contributed by atoms with E-state index in [9.17, 15) is 14.9 Å². The molecule has 0 saturated heterocycles. The number of nitro benzene ring substituents is 1. The Morgan fingerprint density at radius 3 is 2.70 bits per heavy atom. The number of nitrogens with zero attached hydrogens (tertiary/aromatic N) is 1. The Labute approximate surface area is 117 Å². The summed E-state index contributed by atoms with van der Waals surface area (Å²) in [4.78, 5) is 22.0. The highest BCUT2D eigenvalue weighted by Gasteiger charge is 2.25. The molecular formula is C14H18N2O4. The van der Waals surface area contributed by atoms with Gasteiger partial charge in [0.1, 0.15) is 5.56 Å². The summed E-state index contributed by atoms with van der Waals surface area (Å²) >= 11 is 0. The fourth-order valence-electron chi connectivity index (χ4n) is 2.38. The van der Waals surface area contributed by atoms with E-state index >= 15 is 0 Å². The van der Waals surface area contributed by atoms with Gasteiger partial charge in [0, 0.05) is 17.8 Å². The van der Waals surface area contributed by atoms with Gasteiger partial charge in [0.25, 0.3) is 5.69 Å². The smallest absolute Gasteiger partial charge is 0.344 e. The lowest BCUT2D eigenvalue weighted by Crippen LogP contribution is -2.30. The second kappa shape index (κ2) is 5.90. The predicted octanol–water partition coefficient (Wildman–Crippen LogP) is 2.98. The minimum Gasteiger partial charge on any atom is -0.465 e. The molecule has 108 valence electrons. The topological polar surface area (TPSA) is 81.5 Å². The van der Waals surface area contributed by atoms with Crippen molar-refractivity contribution in [1.29, 1.82) is 0 Å². The van der Waals surface area contributed by atoms with Gasteiger partial charge in [-0.1, -0.05) is 6.42 Å². The molecule has 1 aliphatic carbocycles. The Kier molecular flexibility index (Phi) is 4.22. The zero-order chi connectivity index (χ0) is 14.7. The van der Waals surface area contributed by atoms with Crippen LogP contribution in [0.2, 0.25) is 0 Å². The maximum Gasteiger partial charge on any atom is 0.344 e. The van der Waals surface area contributed by atoms with Crippen LogP contribution in [0.3, 0.4) is 0 Å². The highest BCUT2D eigenvalue weighted by Crippen LogP contribution is 2.32. The Morgan fingerprint density at radius 1 is 1.50 bits per heavy atom. The van der Waals surface area contributed by atoms with E-state index < -0.39 is 10.9 Å². The number of carbonyl (C=O) groups is 1. The van der Waals surface area contributed by atoms with E-state index in [-0.39, 0.29) is 17.3 Å². The zero-order valence-electron chi connectivity index (χ0n) is 11.6. The number of hydrogen-bond acceptors (Lipinski definition) is 5. The number of carbonyl (C=O) groups excluding carboxylic acids is 1. The van der Waals surface area contributed by atoms with E-state index in [0.29, 0.717) is 11.6 Å². The number of ether oxygens (including phenoxy) is 1. The van der Waals surface area contributed by atoms with Gasteiger partial charge in [-0.2, -0.15) is 0 Å². The fourth-order valence-corrected chi connectivity index (χ4v) is 2.38. The van der Waals surface area contributed by atoms with Crippen LogP contribution < -0.4 is 5.32 Å². The normalized spacial score (nSPS) is 16.1. The molecule has 0 aromatic heterocycles. The number of nitrogens with one attached hydrogen (secondary N) is 1. The van der Waals surface area contributed by atoms with E-state index in [4.69, 9.17) is 0 Å². The van der Waals surface area contributed by atoms with Crippen molar-refractivity contribution < 1.29 is 14.5 Å². The molecule has 2 rings (SSSR count). The van der Waals surface area contributed by atoms with Crippen molar-refractivity contribution >= 4 is 17.3 Å². The van der Waals surface area contributed by atoms with E-state index in [1.54, 1.807) is 6.07 Å². The first-order valence-corrected chi connectivity index (χ1v) is 6.66. The fraction of sp³-hybridized carbons (Fsp3) is 0.500. The van der Waals surface area contributed by atoms with Gasteiger partial charge < -0.3 is 10.1 Å². The molecule has 0 aliphatic heterocycles. The highest BCUT2D eigenvalue weighted by atomic mass is 16.6. The molecule has 0 heterocycles. The van der Waals surface area contributed by atoms with Gasteiger partial charge in [-0.05, 0) is 37.8 Å². The SMILES string of the molecule is COC(=O)c1cc(NC(C)C2CCC2)ccc1[N+](=O)[O-]. The lowest BCUT2D eigenvalue weighted by molar-refractivity contribution is -0.385. The second-order valence-electron chi connectivity index (χ2n) is 5.10. The summed E-state index contributed by atoms with van der Waals surface area (Å²) in [5.41, 5.74) is 0.442. The lowest BCUT2D eigenvalue weighted by Gasteiger charge is -2.32. The molecule has 1 atom stereocenters. The highest BCUT2D eigenvalue weighted by molar-refractivity contribution is 5.95. The summed E-state index contributed by atoms with van der Waals surface area (Å²) in [6.07, 6.45) is 3.65. The average molecular weight is 278 g/mol. The van der Waals surface area contributed by atoms with Gasteiger partial charge in [-0.25, -0.2) is 4.79 Å². The van der Waals surface area contributed by atoms with Crippen molar-refractivity contribution in [3.63, 3.8) is 0 Å². The van der Waals surface area contributed by atoms with Gasteiger partial charge in [-0.3, -0.25) is 10.1 Å². The van der Waals surface area contributed by atoms with Crippen molar-refractivity contribution in [1.82, 2.24) is 0 Å². The third-order valence-electron chi connectivity index (χ3n) is 3.85. The number of methoxy groups -OCH3 is 1. The van der Waals surface area contributed by atoms with Crippen LogP contribution in [-0.2, 0) is 4.74 Å². The molecule has 1 aliphatic rings. The molecule has 0 amide bonds. The van der Waals surface area contributed by atoms with Crippen molar-refractivity contribution in [2.24, 2.45) is 5.92 Å².